The standard InChI is InChI=1S/C11H15NO/c12-7-11(13)10-3-1-2-9(6-10)8-4-5-8/h1-3,6,8,11,13H,4-5,7,12H2/t11-/m1/s1. The molecule has 2 heteroatoms. The van der Waals surface area contributed by atoms with Gasteiger partial charge in [0.25, 0.3) is 0 Å². The van der Waals surface area contributed by atoms with Gasteiger partial charge < -0.3 is 10.8 Å². The summed E-state index contributed by atoms with van der Waals surface area (Å²) in [5.74, 6) is 0.741. The van der Waals surface area contributed by atoms with E-state index in [4.69, 9.17) is 5.73 Å². The normalized spacial score (nSPS) is 18.6. The van der Waals surface area contributed by atoms with Crippen molar-refractivity contribution >= 4 is 0 Å². The fourth-order valence-corrected chi connectivity index (χ4v) is 1.57. The van der Waals surface area contributed by atoms with Gasteiger partial charge in [-0.2, -0.15) is 0 Å². The molecule has 0 bridgehead atoms. The maximum atomic E-state index is 9.53. The summed E-state index contributed by atoms with van der Waals surface area (Å²) in [7, 11) is 0. The Balaban J connectivity index is 2.21. The van der Waals surface area contributed by atoms with Crippen molar-refractivity contribution in [2.24, 2.45) is 5.73 Å². The highest BCUT2D eigenvalue weighted by molar-refractivity contribution is 5.30. The molecule has 1 saturated carbocycles. The summed E-state index contributed by atoms with van der Waals surface area (Å²) in [6.45, 7) is 0.300. The van der Waals surface area contributed by atoms with E-state index in [9.17, 15) is 5.11 Å². The van der Waals surface area contributed by atoms with Gasteiger partial charge in [0, 0.05) is 6.54 Å². The highest BCUT2D eigenvalue weighted by Gasteiger charge is 2.23. The van der Waals surface area contributed by atoms with Crippen LogP contribution in [0.2, 0.25) is 0 Å². The minimum absolute atomic E-state index is 0.300. The van der Waals surface area contributed by atoms with Crippen LogP contribution in [0.4, 0.5) is 0 Å². The molecule has 1 aromatic carbocycles. The Morgan fingerprint density at radius 1 is 1.46 bits per heavy atom. The third-order valence-electron chi connectivity index (χ3n) is 2.57. The van der Waals surface area contributed by atoms with Crippen LogP contribution in [0, 0.1) is 0 Å². The molecule has 1 aliphatic rings. The molecule has 13 heavy (non-hydrogen) atoms. The Hall–Kier alpha value is -0.860. The smallest absolute Gasteiger partial charge is 0.0912 e. The first-order valence-corrected chi connectivity index (χ1v) is 4.79. The van der Waals surface area contributed by atoms with E-state index in [0.29, 0.717) is 6.54 Å². The molecule has 1 atom stereocenters. The van der Waals surface area contributed by atoms with Crippen molar-refractivity contribution < 1.29 is 5.11 Å². The first kappa shape index (κ1) is 8.73. The summed E-state index contributed by atoms with van der Waals surface area (Å²) in [4.78, 5) is 0. The third-order valence-corrected chi connectivity index (χ3v) is 2.57. The lowest BCUT2D eigenvalue weighted by atomic mass is 10.0. The van der Waals surface area contributed by atoms with Crippen molar-refractivity contribution in [2.45, 2.75) is 24.9 Å². The molecule has 0 saturated heterocycles. The van der Waals surface area contributed by atoms with E-state index in [1.54, 1.807) is 0 Å². The Bertz CT molecular complexity index is 294. The van der Waals surface area contributed by atoms with Crippen LogP contribution in [0.3, 0.4) is 0 Å². The van der Waals surface area contributed by atoms with Crippen LogP contribution in [0.1, 0.15) is 36.0 Å². The van der Waals surface area contributed by atoms with E-state index in [-0.39, 0.29) is 0 Å². The van der Waals surface area contributed by atoms with Gasteiger partial charge in [0.15, 0.2) is 0 Å². The highest BCUT2D eigenvalue weighted by atomic mass is 16.3. The summed E-state index contributed by atoms with van der Waals surface area (Å²) in [5.41, 5.74) is 7.70. The van der Waals surface area contributed by atoms with E-state index in [2.05, 4.69) is 12.1 Å². The number of hydrogen-bond donors (Lipinski definition) is 2. The second kappa shape index (κ2) is 3.48. The monoisotopic (exact) mass is 177 g/mol. The first-order chi connectivity index (χ1) is 6.31. The summed E-state index contributed by atoms with van der Waals surface area (Å²) < 4.78 is 0. The average molecular weight is 177 g/mol. The number of rotatable bonds is 3. The van der Waals surface area contributed by atoms with Crippen LogP contribution < -0.4 is 5.73 Å². The Labute approximate surface area is 78.4 Å². The average Bonchev–Trinajstić information content (AvgIpc) is 3.00. The van der Waals surface area contributed by atoms with Gasteiger partial charge in [-0.1, -0.05) is 24.3 Å². The van der Waals surface area contributed by atoms with Crippen molar-refractivity contribution in [1.29, 1.82) is 0 Å². The molecule has 0 unspecified atom stereocenters. The Morgan fingerprint density at radius 3 is 2.85 bits per heavy atom. The Kier molecular flexibility index (Phi) is 2.34. The molecule has 0 aliphatic heterocycles. The predicted octanol–water partition coefficient (Wildman–Crippen LogP) is 1.56. The maximum absolute atomic E-state index is 9.53. The topological polar surface area (TPSA) is 46.2 Å². The number of aliphatic hydroxyl groups excluding tert-OH is 1. The van der Waals surface area contributed by atoms with Crippen molar-refractivity contribution in [3.63, 3.8) is 0 Å². The molecule has 1 aliphatic carbocycles. The van der Waals surface area contributed by atoms with E-state index < -0.39 is 6.10 Å². The molecule has 1 aromatic rings. The molecular weight excluding hydrogens is 162 g/mol. The Morgan fingerprint density at radius 2 is 2.23 bits per heavy atom. The molecule has 0 radical (unpaired) electrons. The highest BCUT2D eigenvalue weighted by Crippen LogP contribution is 2.40. The molecule has 0 spiro atoms. The lowest BCUT2D eigenvalue weighted by Crippen LogP contribution is -2.11. The minimum Gasteiger partial charge on any atom is -0.387 e. The SMILES string of the molecule is NC[C@@H](O)c1cccc(C2CC2)c1. The van der Waals surface area contributed by atoms with Gasteiger partial charge in [-0.25, -0.2) is 0 Å². The van der Waals surface area contributed by atoms with Gasteiger partial charge in [-0.3, -0.25) is 0 Å². The van der Waals surface area contributed by atoms with Crippen LogP contribution in [0.25, 0.3) is 0 Å². The van der Waals surface area contributed by atoms with Crippen molar-refractivity contribution in [3.8, 4) is 0 Å². The lowest BCUT2D eigenvalue weighted by molar-refractivity contribution is 0.186. The van der Waals surface area contributed by atoms with Gasteiger partial charge in [-0.05, 0) is 29.9 Å². The van der Waals surface area contributed by atoms with Crippen LogP contribution in [0.5, 0.6) is 0 Å². The zero-order valence-electron chi connectivity index (χ0n) is 7.61. The third kappa shape index (κ3) is 1.90. The van der Waals surface area contributed by atoms with Crippen molar-refractivity contribution in [2.75, 3.05) is 6.54 Å². The molecule has 0 aromatic heterocycles. The molecule has 1 fully saturated rings. The fraction of sp³-hybridized carbons (Fsp3) is 0.455. The second-order valence-corrected chi connectivity index (χ2v) is 3.70. The van der Waals surface area contributed by atoms with E-state index >= 15 is 0 Å². The van der Waals surface area contributed by atoms with Crippen molar-refractivity contribution in [1.82, 2.24) is 0 Å². The molecule has 0 heterocycles. The van der Waals surface area contributed by atoms with E-state index in [1.807, 2.05) is 12.1 Å². The largest absolute Gasteiger partial charge is 0.387 e. The molecule has 3 N–H and O–H groups in total. The number of hydrogen-bond acceptors (Lipinski definition) is 2. The van der Waals surface area contributed by atoms with Gasteiger partial charge in [0.1, 0.15) is 0 Å². The molecule has 2 rings (SSSR count). The molecular formula is C11H15NO. The van der Waals surface area contributed by atoms with E-state index in [0.717, 1.165) is 11.5 Å². The predicted molar refractivity (Wildman–Crippen MR) is 52.4 cm³/mol. The molecule has 2 nitrogen and oxygen atoms in total. The number of nitrogens with two attached hydrogens (primary N) is 1. The van der Waals surface area contributed by atoms with Crippen LogP contribution in [-0.2, 0) is 0 Å². The van der Waals surface area contributed by atoms with Crippen LogP contribution in [0.15, 0.2) is 24.3 Å². The molecule has 70 valence electrons. The maximum Gasteiger partial charge on any atom is 0.0912 e. The number of benzene rings is 1. The quantitative estimate of drug-likeness (QED) is 0.736. The van der Waals surface area contributed by atoms with Gasteiger partial charge in [0.05, 0.1) is 6.10 Å². The van der Waals surface area contributed by atoms with E-state index in [1.165, 1.54) is 18.4 Å². The summed E-state index contributed by atoms with van der Waals surface area (Å²) in [5, 5.41) is 9.53. The fourth-order valence-electron chi connectivity index (χ4n) is 1.57. The van der Waals surface area contributed by atoms with Crippen LogP contribution >= 0.6 is 0 Å². The summed E-state index contributed by atoms with van der Waals surface area (Å²) >= 11 is 0. The molecule has 0 amide bonds. The van der Waals surface area contributed by atoms with Gasteiger partial charge in [0.2, 0.25) is 0 Å². The second-order valence-electron chi connectivity index (χ2n) is 3.70. The summed E-state index contributed by atoms with van der Waals surface area (Å²) in [6.07, 6.45) is 2.09. The zero-order chi connectivity index (χ0) is 9.26. The first-order valence-electron chi connectivity index (χ1n) is 4.79. The zero-order valence-corrected chi connectivity index (χ0v) is 7.61. The lowest BCUT2D eigenvalue weighted by Gasteiger charge is -2.09. The van der Waals surface area contributed by atoms with Gasteiger partial charge in [-0.15, -0.1) is 0 Å². The number of aliphatic hydroxyl groups is 1. The minimum atomic E-state index is -0.501. The van der Waals surface area contributed by atoms with Crippen molar-refractivity contribution in [3.05, 3.63) is 35.4 Å². The van der Waals surface area contributed by atoms with Crippen LogP contribution in [-0.4, -0.2) is 11.7 Å². The summed E-state index contributed by atoms with van der Waals surface area (Å²) in [6, 6.07) is 8.14. The van der Waals surface area contributed by atoms with Gasteiger partial charge >= 0.3 is 0 Å².